The summed E-state index contributed by atoms with van der Waals surface area (Å²) in [5.41, 5.74) is 0.420. The summed E-state index contributed by atoms with van der Waals surface area (Å²) < 4.78 is 3.82. The van der Waals surface area contributed by atoms with E-state index in [0.717, 1.165) is 17.1 Å². The first kappa shape index (κ1) is 15.6. The SMILES string of the molecule is CC(O/N=C(\C(=O)O)c1nsc(NC=O)n1)c1ccccc1. The standard InChI is InChI=1S/C13H12N4O4S/c1-8(9-5-3-2-4-6-9)21-16-10(12(19)20)11-15-13(14-7-18)22-17-11/h2-8H,1H3,(H,19,20)(H,14,15,17,18)/b16-10-. The third-order valence-electron chi connectivity index (χ3n) is 2.59. The normalized spacial score (nSPS) is 12.5. The Morgan fingerprint density at radius 3 is 2.82 bits per heavy atom. The van der Waals surface area contributed by atoms with Crippen molar-refractivity contribution in [3.8, 4) is 0 Å². The summed E-state index contributed by atoms with van der Waals surface area (Å²) in [6.45, 7) is 1.74. The average Bonchev–Trinajstić information content (AvgIpc) is 2.96. The van der Waals surface area contributed by atoms with Crippen molar-refractivity contribution in [1.82, 2.24) is 9.36 Å². The molecule has 9 heteroatoms. The van der Waals surface area contributed by atoms with Gasteiger partial charge in [-0.25, -0.2) is 4.79 Å². The number of anilines is 1. The minimum atomic E-state index is -1.32. The van der Waals surface area contributed by atoms with Crippen molar-refractivity contribution in [1.29, 1.82) is 0 Å². The van der Waals surface area contributed by atoms with Crippen molar-refractivity contribution >= 4 is 34.8 Å². The first-order chi connectivity index (χ1) is 10.6. The molecular weight excluding hydrogens is 308 g/mol. The van der Waals surface area contributed by atoms with Crippen molar-refractivity contribution < 1.29 is 19.5 Å². The van der Waals surface area contributed by atoms with E-state index in [1.54, 1.807) is 6.92 Å². The van der Waals surface area contributed by atoms with E-state index in [1.165, 1.54) is 0 Å². The Bertz CT molecular complexity index is 686. The van der Waals surface area contributed by atoms with E-state index >= 15 is 0 Å². The number of hydrogen-bond acceptors (Lipinski definition) is 7. The lowest BCUT2D eigenvalue weighted by molar-refractivity contribution is -0.129. The molecule has 0 aliphatic rings. The molecule has 1 atom stereocenters. The van der Waals surface area contributed by atoms with Crippen LogP contribution in [0, 0.1) is 0 Å². The zero-order chi connectivity index (χ0) is 15.9. The van der Waals surface area contributed by atoms with Crippen LogP contribution in [0.4, 0.5) is 5.13 Å². The third-order valence-corrected chi connectivity index (χ3v) is 3.24. The smallest absolute Gasteiger partial charge is 0.362 e. The molecule has 0 saturated carbocycles. The fourth-order valence-electron chi connectivity index (χ4n) is 1.52. The van der Waals surface area contributed by atoms with Gasteiger partial charge in [-0.2, -0.15) is 9.36 Å². The van der Waals surface area contributed by atoms with Gasteiger partial charge in [0.1, 0.15) is 6.10 Å². The lowest BCUT2D eigenvalue weighted by Crippen LogP contribution is -2.17. The maximum atomic E-state index is 11.2. The van der Waals surface area contributed by atoms with Crippen LogP contribution in [0.15, 0.2) is 35.5 Å². The minimum Gasteiger partial charge on any atom is -0.476 e. The number of aliphatic carboxylic acids is 1. The van der Waals surface area contributed by atoms with E-state index in [-0.39, 0.29) is 11.0 Å². The van der Waals surface area contributed by atoms with Crippen molar-refractivity contribution in [2.24, 2.45) is 5.16 Å². The molecule has 1 unspecified atom stereocenters. The van der Waals surface area contributed by atoms with E-state index in [2.05, 4.69) is 19.8 Å². The number of carbonyl (C=O) groups is 2. The Morgan fingerprint density at radius 2 is 2.18 bits per heavy atom. The second-order valence-corrected chi connectivity index (χ2v) is 4.84. The molecule has 1 amide bonds. The Hall–Kier alpha value is -2.81. The highest BCUT2D eigenvalue weighted by Crippen LogP contribution is 2.17. The zero-order valence-corrected chi connectivity index (χ0v) is 12.3. The van der Waals surface area contributed by atoms with Crippen LogP contribution < -0.4 is 5.32 Å². The molecule has 0 fully saturated rings. The van der Waals surface area contributed by atoms with Gasteiger partial charge in [-0.1, -0.05) is 35.5 Å². The van der Waals surface area contributed by atoms with Gasteiger partial charge in [-0.3, -0.25) is 4.79 Å². The number of aromatic nitrogens is 2. The summed E-state index contributed by atoms with van der Waals surface area (Å²) in [6, 6.07) is 9.23. The number of carboxylic acids is 1. The van der Waals surface area contributed by atoms with Crippen molar-refractivity contribution in [3.63, 3.8) is 0 Å². The largest absolute Gasteiger partial charge is 0.476 e. The highest BCUT2D eigenvalue weighted by atomic mass is 32.1. The topological polar surface area (TPSA) is 114 Å². The van der Waals surface area contributed by atoms with Gasteiger partial charge in [0.25, 0.3) is 0 Å². The third kappa shape index (κ3) is 3.85. The highest BCUT2D eigenvalue weighted by molar-refractivity contribution is 7.10. The number of carboxylic acid groups (broad SMARTS) is 1. The molecule has 2 aromatic rings. The van der Waals surface area contributed by atoms with Crippen molar-refractivity contribution in [3.05, 3.63) is 41.7 Å². The molecule has 0 saturated heterocycles. The summed E-state index contributed by atoms with van der Waals surface area (Å²) in [4.78, 5) is 30.6. The Morgan fingerprint density at radius 1 is 1.45 bits per heavy atom. The van der Waals surface area contributed by atoms with Gasteiger partial charge >= 0.3 is 5.97 Å². The number of benzene rings is 1. The highest BCUT2D eigenvalue weighted by Gasteiger charge is 2.20. The summed E-state index contributed by atoms with van der Waals surface area (Å²) in [5.74, 6) is -1.45. The molecule has 2 N–H and O–H groups in total. The quantitative estimate of drug-likeness (QED) is 0.456. The van der Waals surface area contributed by atoms with Gasteiger partial charge in [0.05, 0.1) is 0 Å². The summed E-state index contributed by atoms with van der Waals surface area (Å²) >= 11 is 0.847. The second kappa shape index (κ2) is 7.27. The maximum absolute atomic E-state index is 11.2. The molecule has 0 aliphatic heterocycles. The van der Waals surface area contributed by atoms with E-state index < -0.39 is 17.8 Å². The van der Waals surface area contributed by atoms with Gasteiger partial charge in [0, 0.05) is 11.5 Å². The first-order valence-corrected chi connectivity index (χ1v) is 6.95. The molecule has 1 aromatic heterocycles. The van der Waals surface area contributed by atoms with E-state index in [0.29, 0.717) is 6.41 Å². The summed E-state index contributed by atoms with van der Waals surface area (Å²) in [5, 5.41) is 15.3. The van der Waals surface area contributed by atoms with Crippen LogP contribution >= 0.6 is 11.5 Å². The Kier molecular flexibility index (Phi) is 5.15. The molecule has 2 rings (SSSR count). The molecule has 0 spiro atoms. The fraction of sp³-hybridized carbons (Fsp3) is 0.154. The lowest BCUT2D eigenvalue weighted by atomic mass is 10.1. The molecule has 0 radical (unpaired) electrons. The number of oxime groups is 1. The van der Waals surface area contributed by atoms with Gasteiger partial charge in [0.2, 0.25) is 23.1 Å². The molecular formula is C13H12N4O4S. The fourth-order valence-corrected chi connectivity index (χ4v) is 2.05. The van der Waals surface area contributed by atoms with Gasteiger partial charge in [0.15, 0.2) is 0 Å². The minimum absolute atomic E-state index is 0.123. The van der Waals surface area contributed by atoms with E-state index in [9.17, 15) is 14.7 Å². The van der Waals surface area contributed by atoms with Crippen LogP contribution in [0.5, 0.6) is 0 Å². The van der Waals surface area contributed by atoms with E-state index in [1.807, 2.05) is 30.3 Å². The van der Waals surface area contributed by atoms with Gasteiger partial charge in [-0.15, -0.1) is 0 Å². The van der Waals surface area contributed by atoms with Crippen LogP contribution in [-0.2, 0) is 14.4 Å². The maximum Gasteiger partial charge on any atom is 0.362 e. The number of hydrogen-bond donors (Lipinski definition) is 2. The van der Waals surface area contributed by atoms with Crippen LogP contribution in [0.1, 0.15) is 24.4 Å². The average molecular weight is 320 g/mol. The van der Waals surface area contributed by atoms with Crippen LogP contribution in [0.25, 0.3) is 0 Å². The van der Waals surface area contributed by atoms with Crippen molar-refractivity contribution in [2.45, 2.75) is 13.0 Å². The van der Waals surface area contributed by atoms with Gasteiger partial charge < -0.3 is 15.3 Å². The zero-order valence-electron chi connectivity index (χ0n) is 11.5. The number of nitrogens with one attached hydrogen (secondary N) is 1. The number of carbonyl (C=O) groups excluding carboxylic acids is 1. The second-order valence-electron chi connectivity index (χ2n) is 4.09. The predicted octanol–water partition coefficient (Wildman–Crippen LogP) is 1.67. The molecule has 8 nitrogen and oxygen atoms in total. The Balaban J connectivity index is 2.16. The molecule has 114 valence electrons. The number of amides is 1. The molecule has 0 aliphatic carbocycles. The lowest BCUT2D eigenvalue weighted by Gasteiger charge is -2.09. The van der Waals surface area contributed by atoms with Crippen LogP contribution in [-0.4, -0.2) is 32.6 Å². The van der Waals surface area contributed by atoms with E-state index in [4.69, 9.17) is 4.84 Å². The monoisotopic (exact) mass is 320 g/mol. The van der Waals surface area contributed by atoms with Crippen LogP contribution in [0.2, 0.25) is 0 Å². The summed E-state index contributed by atoms with van der Waals surface area (Å²) in [6.07, 6.45) is -0.00249. The predicted molar refractivity (Wildman–Crippen MR) is 79.7 cm³/mol. The number of nitrogens with zero attached hydrogens (tertiary/aromatic N) is 3. The number of rotatable bonds is 7. The first-order valence-electron chi connectivity index (χ1n) is 6.18. The van der Waals surface area contributed by atoms with Gasteiger partial charge in [-0.05, 0) is 12.5 Å². The van der Waals surface area contributed by atoms with Crippen LogP contribution in [0.3, 0.4) is 0 Å². The molecule has 1 aromatic carbocycles. The molecule has 22 heavy (non-hydrogen) atoms. The summed E-state index contributed by atoms with van der Waals surface area (Å²) in [7, 11) is 0. The Labute approximate surface area is 129 Å². The molecule has 1 heterocycles. The van der Waals surface area contributed by atoms with Crippen molar-refractivity contribution in [2.75, 3.05) is 5.32 Å². The molecule has 0 bridgehead atoms.